The number of aromatic nitrogens is 1. The standard InChI is InChI=1S/C31H37N3O4/c1-21-19-25(27(22-11-7-5-8-12-22)34(21)24-13-9-6-10-14-24)29(36)33-18-17-32(30(37)38-31(2,3)4)20-26(33)28(35)23-15-16-23/h5-14,19,23,26,28,35H,15-18,20H2,1-4H3/t26-,28-/m0/s1. The van der Waals surface area contributed by atoms with Crippen molar-refractivity contribution in [2.75, 3.05) is 19.6 Å². The molecule has 0 bridgehead atoms. The molecule has 7 heteroatoms. The fourth-order valence-corrected chi connectivity index (χ4v) is 5.35. The van der Waals surface area contributed by atoms with E-state index in [1.807, 2.05) is 94.4 Å². The van der Waals surface area contributed by atoms with E-state index in [0.717, 1.165) is 35.5 Å². The number of carbonyl (C=O) groups is 2. The van der Waals surface area contributed by atoms with Gasteiger partial charge in [-0.25, -0.2) is 4.79 Å². The first-order chi connectivity index (χ1) is 18.1. The van der Waals surface area contributed by atoms with Gasteiger partial charge in [0.15, 0.2) is 0 Å². The Labute approximate surface area is 224 Å². The molecule has 3 aromatic rings. The lowest BCUT2D eigenvalue weighted by atomic mass is 9.99. The minimum absolute atomic E-state index is 0.129. The van der Waals surface area contributed by atoms with Crippen molar-refractivity contribution < 1.29 is 19.4 Å². The van der Waals surface area contributed by atoms with E-state index < -0.39 is 23.8 Å². The van der Waals surface area contributed by atoms with Crippen LogP contribution in [0.15, 0.2) is 66.7 Å². The third-order valence-corrected chi connectivity index (χ3v) is 7.31. The van der Waals surface area contributed by atoms with Crippen molar-refractivity contribution in [1.82, 2.24) is 14.4 Å². The van der Waals surface area contributed by atoms with Crippen LogP contribution in [0.25, 0.3) is 16.9 Å². The van der Waals surface area contributed by atoms with Gasteiger partial charge in [0.25, 0.3) is 5.91 Å². The van der Waals surface area contributed by atoms with Crippen LogP contribution in [0.3, 0.4) is 0 Å². The fraction of sp³-hybridized carbons (Fsp3) is 0.419. The first-order valence-electron chi connectivity index (χ1n) is 13.4. The molecule has 2 atom stereocenters. The van der Waals surface area contributed by atoms with Gasteiger partial charge in [-0.05, 0) is 70.2 Å². The summed E-state index contributed by atoms with van der Waals surface area (Å²) in [6.07, 6.45) is 0.769. The molecule has 1 saturated carbocycles. The smallest absolute Gasteiger partial charge is 0.410 e. The zero-order chi connectivity index (χ0) is 27.0. The molecule has 38 heavy (non-hydrogen) atoms. The maximum atomic E-state index is 14.3. The van der Waals surface area contributed by atoms with Crippen LogP contribution in [0.1, 0.15) is 49.7 Å². The maximum absolute atomic E-state index is 14.3. The molecular formula is C31H37N3O4. The zero-order valence-electron chi connectivity index (χ0n) is 22.6. The number of amides is 2. The average molecular weight is 516 g/mol. The number of piperazine rings is 1. The Kier molecular flexibility index (Phi) is 7.05. The number of hydrogen-bond donors (Lipinski definition) is 1. The quantitative estimate of drug-likeness (QED) is 0.501. The van der Waals surface area contributed by atoms with Crippen LogP contribution in [-0.4, -0.2) is 68.9 Å². The van der Waals surface area contributed by atoms with Gasteiger partial charge in [0.05, 0.1) is 23.4 Å². The van der Waals surface area contributed by atoms with Gasteiger partial charge in [-0.15, -0.1) is 0 Å². The number of carbonyl (C=O) groups excluding carboxylic acids is 2. The van der Waals surface area contributed by atoms with E-state index in [0.29, 0.717) is 18.7 Å². The number of aryl methyl sites for hydroxylation is 1. The molecule has 1 saturated heterocycles. The number of hydrogen-bond acceptors (Lipinski definition) is 4. The number of aliphatic hydroxyl groups is 1. The predicted molar refractivity (Wildman–Crippen MR) is 147 cm³/mol. The van der Waals surface area contributed by atoms with Gasteiger partial charge in [-0.2, -0.15) is 0 Å². The van der Waals surface area contributed by atoms with Crippen molar-refractivity contribution >= 4 is 12.0 Å². The highest BCUT2D eigenvalue weighted by Gasteiger charge is 2.44. The number of aliphatic hydroxyl groups excluding tert-OH is 1. The minimum atomic E-state index is -0.693. The largest absolute Gasteiger partial charge is 0.444 e. The molecule has 0 unspecified atom stereocenters. The van der Waals surface area contributed by atoms with Gasteiger partial charge >= 0.3 is 6.09 Å². The average Bonchev–Trinajstić information content (AvgIpc) is 3.69. The molecule has 2 aliphatic rings. The maximum Gasteiger partial charge on any atom is 0.410 e. The van der Waals surface area contributed by atoms with E-state index in [4.69, 9.17) is 4.74 Å². The van der Waals surface area contributed by atoms with Crippen LogP contribution < -0.4 is 0 Å². The topological polar surface area (TPSA) is 75.0 Å². The van der Waals surface area contributed by atoms with Crippen molar-refractivity contribution in [3.63, 3.8) is 0 Å². The Morgan fingerprint density at radius 2 is 1.61 bits per heavy atom. The summed E-state index contributed by atoms with van der Waals surface area (Å²) in [5, 5.41) is 11.3. The molecule has 1 aliphatic heterocycles. The second-order valence-electron chi connectivity index (χ2n) is 11.4. The van der Waals surface area contributed by atoms with Crippen LogP contribution in [-0.2, 0) is 4.74 Å². The van der Waals surface area contributed by atoms with Gasteiger partial charge in [0.1, 0.15) is 5.60 Å². The summed E-state index contributed by atoms with van der Waals surface area (Å²) in [7, 11) is 0. The molecular weight excluding hydrogens is 478 g/mol. The first kappa shape index (κ1) is 26.0. The summed E-state index contributed by atoms with van der Waals surface area (Å²) < 4.78 is 7.72. The fourth-order valence-electron chi connectivity index (χ4n) is 5.35. The molecule has 7 nitrogen and oxygen atoms in total. The molecule has 1 aromatic heterocycles. The molecule has 2 amide bonds. The third kappa shape index (κ3) is 5.34. The monoisotopic (exact) mass is 515 g/mol. The van der Waals surface area contributed by atoms with Gasteiger partial charge in [-0.3, -0.25) is 4.79 Å². The summed E-state index contributed by atoms with van der Waals surface area (Å²) in [5.41, 5.74) is 3.68. The van der Waals surface area contributed by atoms with Crippen LogP contribution in [0.5, 0.6) is 0 Å². The number of nitrogens with zero attached hydrogens (tertiary/aromatic N) is 3. The highest BCUT2D eigenvalue weighted by molar-refractivity contribution is 6.01. The predicted octanol–water partition coefficient (Wildman–Crippen LogP) is 5.29. The van der Waals surface area contributed by atoms with Crippen LogP contribution in [0.2, 0.25) is 0 Å². The lowest BCUT2D eigenvalue weighted by Gasteiger charge is -2.43. The van der Waals surface area contributed by atoms with Gasteiger partial charge in [0.2, 0.25) is 0 Å². The normalized spacial score (nSPS) is 18.8. The zero-order valence-corrected chi connectivity index (χ0v) is 22.6. The Balaban J connectivity index is 1.52. The molecule has 5 rings (SSSR count). The Bertz CT molecular complexity index is 1290. The molecule has 2 heterocycles. The van der Waals surface area contributed by atoms with Crippen molar-refractivity contribution in [2.24, 2.45) is 5.92 Å². The number of para-hydroxylation sites is 1. The van der Waals surface area contributed by atoms with E-state index in [1.54, 1.807) is 9.80 Å². The molecule has 200 valence electrons. The van der Waals surface area contributed by atoms with Crippen molar-refractivity contribution in [1.29, 1.82) is 0 Å². The van der Waals surface area contributed by atoms with Crippen LogP contribution in [0, 0.1) is 12.8 Å². The minimum Gasteiger partial charge on any atom is -0.444 e. The molecule has 0 radical (unpaired) electrons. The third-order valence-electron chi connectivity index (χ3n) is 7.31. The summed E-state index contributed by atoms with van der Waals surface area (Å²) >= 11 is 0. The Morgan fingerprint density at radius 1 is 0.974 bits per heavy atom. The lowest BCUT2D eigenvalue weighted by molar-refractivity contribution is -0.0237. The lowest BCUT2D eigenvalue weighted by Crippen LogP contribution is -2.61. The summed E-state index contributed by atoms with van der Waals surface area (Å²) in [6, 6.07) is 21.4. The highest BCUT2D eigenvalue weighted by atomic mass is 16.6. The molecule has 1 aliphatic carbocycles. The van der Waals surface area contributed by atoms with Gasteiger partial charge < -0.3 is 24.2 Å². The summed E-state index contributed by atoms with van der Waals surface area (Å²) in [5.74, 6) is 0.0216. The Morgan fingerprint density at radius 3 is 2.21 bits per heavy atom. The van der Waals surface area contributed by atoms with Gasteiger partial charge in [-0.1, -0.05) is 48.5 Å². The summed E-state index contributed by atoms with van der Waals surface area (Å²) in [4.78, 5) is 30.6. The van der Waals surface area contributed by atoms with Crippen molar-refractivity contribution in [3.05, 3.63) is 78.0 Å². The van der Waals surface area contributed by atoms with E-state index in [-0.39, 0.29) is 18.4 Å². The number of ether oxygens (including phenoxy) is 1. The molecule has 1 N–H and O–H groups in total. The van der Waals surface area contributed by atoms with Crippen molar-refractivity contribution in [2.45, 2.75) is 58.3 Å². The van der Waals surface area contributed by atoms with E-state index >= 15 is 0 Å². The highest BCUT2D eigenvalue weighted by Crippen LogP contribution is 2.38. The van der Waals surface area contributed by atoms with Gasteiger partial charge in [0, 0.05) is 31.0 Å². The van der Waals surface area contributed by atoms with E-state index in [2.05, 4.69) is 4.57 Å². The SMILES string of the molecule is Cc1cc(C(=O)N2CCN(C(=O)OC(C)(C)C)C[C@H]2[C@@H](O)C2CC2)c(-c2ccccc2)n1-c1ccccc1. The second-order valence-corrected chi connectivity index (χ2v) is 11.4. The molecule has 2 aromatic carbocycles. The van der Waals surface area contributed by atoms with E-state index in [9.17, 15) is 14.7 Å². The first-order valence-corrected chi connectivity index (χ1v) is 13.4. The number of benzene rings is 2. The molecule has 0 spiro atoms. The summed E-state index contributed by atoms with van der Waals surface area (Å²) in [6.45, 7) is 8.46. The van der Waals surface area contributed by atoms with E-state index in [1.165, 1.54) is 0 Å². The van der Waals surface area contributed by atoms with Crippen LogP contribution in [0.4, 0.5) is 4.79 Å². The second kappa shape index (κ2) is 10.3. The molecule has 2 fully saturated rings. The number of rotatable bonds is 5. The van der Waals surface area contributed by atoms with Crippen molar-refractivity contribution in [3.8, 4) is 16.9 Å². The van der Waals surface area contributed by atoms with Crippen LogP contribution >= 0.6 is 0 Å². The Hall–Kier alpha value is -3.58.